The molecule has 0 aliphatic heterocycles. The summed E-state index contributed by atoms with van der Waals surface area (Å²) in [6.45, 7) is 19.4. The number of hydrogen-bond donors (Lipinski definition) is 0. The molecule has 0 saturated carbocycles. The molecule has 0 aliphatic rings. The van der Waals surface area contributed by atoms with Gasteiger partial charge in [-0.3, -0.25) is 0 Å². The number of fused-ring (bicyclic) bond motifs is 5. The Balaban J connectivity index is 1.85. The van der Waals surface area contributed by atoms with Crippen molar-refractivity contribution in [1.29, 1.82) is 0 Å². The van der Waals surface area contributed by atoms with E-state index in [0.29, 0.717) is 0 Å². The minimum absolute atomic E-state index is 1.27. The summed E-state index contributed by atoms with van der Waals surface area (Å²) in [7, 11) is -3.70. The summed E-state index contributed by atoms with van der Waals surface area (Å²) in [5, 5.41) is 19.7. The van der Waals surface area contributed by atoms with E-state index in [1.54, 1.807) is 31.9 Å². The van der Waals surface area contributed by atoms with E-state index in [0.717, 1.165) is 0 Å². The van der Waals surface area contributed by atoms with Crippen molar-refractivity contribution in [2.45, 2.75) is 130 Å². The second-order valence-corrected chi connectivity index (χ2v) is 47.0. The zero-order chi connectivity index (χ0) is 37.4. The Kier molecular flexibility index (Phi) is 12.8. The van der Waals surface area contributed by atoms with Crippen LogP contribution in [0.1, 0.15) is 91.2 Å². The molecule has 0 bridgehead atoms. The van der Waals surface area contributed by atoms with Crippen LogP contribution in [0.2, 0.25) is 36.3 Å². The Bertz CT molecular complexity index is 2220. The van der Waals surface area contributed by atoms with Crippen molar-refractivity contribution in [1.82, 2.24) is 0 Å². The lowest BCUT2D eigenvalue weighted by molar-refractivity contribution is 0.937. The largest absolute Gasteiger partial charge is 0.297 e. The van der Waals surface area contributed by atoms with Crippen LogP contribution in [0, 0.1) is 13.8 Å². The normalized spacial score (nSPS) is 13.1. The van der Waals surface area contributed by atoms with E-state index in [1.165, 1.54) is 123 Å². The van der Waals surface area contributed by atoms with Crippen LogP contribution in [0.15, 0.2) is 66.7 Å². The first kappa shape index (κ1) is 40.4. The summed E-state index contributed by atoms with van der Waals surface area (Å²) >= 11 is 11.8. The number of halogens is 3. The van der Waals surface area contributed by atoms with Gasteiger partial charge in [0.05, 0.1) is 16.1 Å². The highest BCUT2D eigenvalue weighted by Gasteiger charge is 2.40. The summed E-state index contributed by atoms with van der Waals surface area (Å²) in [5.74, 6) is 0. The maximum Gasteiger partial charge on any atom is 0.297 e. The molecule has 0 nitrogen and oxygen atoms in total. The molecule has 0 aromatic heterocycles. The monoisotopic (exact) mass is 932 g/mol. The molecule has 0 N–H and O–H groups in total. The van der Waals surface area contributed by atoms with Crippen molar-refractivity contribution < 1.29 is 0 Å². The van der Waals surface area contributed by atoms with Crippen LogP contribution in [0.5, 0.6) is 0 Å². The van der Waals surface area contributed by atoms with Gasteiger partial charge in [0, 0.05) is 0 Å². The fourth-order valence-corrected chi connectivity index (χ4v) is 25.4. The molecule has 0 spiro atoms. The predicted molar refractivity (Wildman–Crippen MR) is 257 cm³/mol. The molecular formula is C46H59Br3Si3. The van der Waals surface area contributed by atoms with Crippen molar-refractivity contribution in [2.24, 2.45) is 0 Å². The SMILES string of the molecule is CCC[Si](CCC)(CCC)c1c2ccccc2c([Si](CCC)(CCC)CCC)c2cc3cc4c(C)c5cc([Si](Br)(Br)Br)ccc5c(C)c4cc3cc12. The minimum atomic E-state index is -2.00. The highest BCUT2D eigenvalue weighted by molar-refractivity contribution is 9.72. The molecule has 52 heavy (non-hydrogen) atoms. The first-order valence-corrected chi connectivity index (χ1v) is 34.3. The lowest BCUT2D eigenvalue weighted by atomic mass is 9.90. The predicted octanol–water partition coefficient (Wildman–Crippen LogP) is 15.2. The molecule has 6 aromatic carbocycles. The van der Waals surface area contributed by atoms with E-state index in [9.17, 15) is 0 Å². The maximum atomic E-state index is 3.92. The Hall–Kier alpha value is -1.29. The summed E-state index contributed by atoms with van der Waals surface area (Å²) in [6.07, 6.45) is 7.65. The molecule has 0 amide bonds. The van der Waals surface area contributed by atoms with Gasteiger partial charge in [-0.05, 0) is 119 Å². The standard InChI is InChI=1S/C46H59Br3Si3/c1-9-21-50(22-10-2,23-11-3)45-38-17-15-16-18-39(38)46(51(24-12-4,25-13-5)26-14-6)44-30-35-28-41-33(8)42-31-36(52(47,48)49)19-20-37(42)32(7)40(41)27-34(35)29-43(44)45/h15-20,27-31H,9-14,21-26H2,1-8H3. The van der Waals surface area contributed by atoms with E-state index >= 15 is 0 Å². The average Bonchev–Trinajstić information content (AvgIpc) is 3.11. The summed E-state index contributed by atoms with van der Waals surface area (Å²) in [5.41, 5.74) is 2.78. The number of rotatable bonds is 15. The summed E-state index contributed by atoms with van der Waals surface area (Å²) in [4.78, 5) is 0. The van der Waals surface area contributed by atoms with E-state index in [1.807, 2.05) is 0 Å². The summed E-state index contributed by atoms with van der Waals surface area (Å²) < 4.78 is -2.00. The first-order valence-electron chi connectivity index (χ1n) is 20.3. The minimum Gasteiger partial charge on any atom is -0.0910 e. The van der Waals surface area contributed by atoms with Crippen molar-refractivity contribution in [3.8, 4) is 0 Å². The van der Waals surface area contributed by atoms with Gasteiger partial charge in [-0.15, -0.1) is 0 Å². The van der Waals surface area contributed by atoms with Gasteiger partial charge in [-0.1, -0.05) is 205 Å². The fraction of sp³-hybridized carbons (Fsp3) is 0.435. The molecule has 0 heterocycles. The lowest BCUT2D eigenvalue weighted by Crippen LogP contribution is -2.52. The molecule has 6 rings (SSSR count). The Labute approximate surface area is 340 Å². The highest BCUT2D eigenvalue weighted by atomic mass is 80.0. The molecule has 276 valence electrons. The third-order valence-electron chi connectivity index (χ3n) is 12.5. The van der Waals surface area contributed by atoms with Crippen molar-refractivity contribution >= 4 is 135 Å². The molecule has 0 radical (unpaired) electrons. The first-order chi connectivity index (χ1) is 24.9. The second kappa shape index (κ2) is 16.4. The van der Waals surface area contributed by atoms with Crippen LogP contribution in [0.25, 0.3) is 53.9 Å². The average molecular weight is 936 g/mol. The van der Waals surface area contributed by atoms with E-state index in [-0.39, 0.29) is 0 Å². The molecule has 0 unspecified atom stereocenters. The van der Waals surface area contributed by atoms with Gasteiger partial charge in [-0.2, -0.15) is 0 Å². The topological polar surface area (TPSA) is 0 Å². The molecule has 0 atom stereocenters. The van der Waals surface area contributed by atoms with Gasteiger partial charge < -0.3 is 0 Å². The van der Waals surface area contributed by atoms with Crippen LogP contribution in [-0.2, 0) is 0 Å². The van der Waals surface area contributed by atoms with Crippen molar-refractivity contribution in [3.63, 3.8) is 0 Å². The summed E-state index contributed by atoms with van der Waals surface area (Å²) in [6, 6.07) is 35.7. The van der Waals surface area contributed by atoms with E-state index in [4.69, 9.17) is 0 Å². The van der Waals surface area contributed by atoms with Gasteiger partial charge in [-0.25, -0.2) is 0 Å². The maximum absolute atomic E-state index is 3.92. The molecular weight excluding hydrogens is 876 g/mol. The molecule has 0 fully saturated rings. The molecule has 6 aromatic rings. The van der Waals surface area contributed by atoms with Crippen LogP contribution in [0.3, 0.4) is 0 Å². The third kappa shape index (κ3) is 7.13. The van der Waals surface area contributed by atoms with Crippen molar-refractivity contribution in [3.05, 3.63) is 77.9 Å². The van der Waals surface area contributed by atoms with Crippen LogP contribution in [0.4, 0.5) is 0 Å². The van der Waals surface area contributed by atoms with Crippen LogP contribution < -0.4 is 15.6 Å². The van der Waals surface area contributed by atoms with Crippen LogP contribution in [-0.4, -0.2) is 20.1 Å². The number of aryl methyl sites for hydroxylation is 2. The number of hydrogen-bond acceptors (Lipinski definition) is 0. The fourth-order valence-electron chi connectivity index (χ4n) is 10.8. The molecule has 6 heteroatoms. The Morgan fingerprint density at radius 1 is 0.404 bits per heavy atom. The quantitative estimate of drug-likeness (QED) is 0.0547. The van der Waals surface area contributed by atoms with Gasteiger partial charge >= 0.3 is 0 Å². The van der Waals surface area contributed by atoms with E-state index < -0.39 is 20.1 Å². The smallest absolute Gasteiger partial charge is 0.0910 e. The molecule has 0 aliphatic carbocycles. The third-order valence-corrected chi connectivity index (χ3v) is 29.5. The zero-order valence-corrected chi connectivity index (χ0v) is 40.7. The lowest BCUT2D eigenvalue weighted by Gasteiger charge is -2.39. The van der Waals surface area contributed by atoms with Gasteiger partial charge in [0.15, 0.2) is 0 Å². The molecule has 0 saturated heterocycles. The van der Waals surface area contributed by atoms with Crippen LogP contribution >= 0.6 is 45.9 Å². The van der Waals surface area contributed by atoms with Crippen molar-refractivity contribution in [2.75, 3.05) is 0 Å². The van der Waals surface area contributed by atoms with Gasteiger partial charge in [0.2, 0.25) is 0 Å². The Morgan fingerprint density at radius 2 is 0.750 bits per heavy atom. The Morgan fingerprint density at radius 3 is 1.12 bits per heavy atom. The highest BCUT2D eigenvalue weighted by Crippen LogP contribution is 2.41. The number of benzene rings is 6. The second-order valence-electron chi connectivity index (χ2n) is 16.0. The van der Waals surface area contributed by atoms with Gasteiger partial charge in [0.1, 0.15) is 0 Å². The van der Waals surface area contributed by atoms with E-state index in [2.05, 4.69) is 168 Å². The zero-order valence-electron chi connectivity index (χ0n) is 33.0. The van der Waals surface area contributed by atoms with Gasteiger partial charge in [0.25, 0.3) is 3.93 Å².